The quantitative estimate of drug-likeness (QED) is 0.811. The van der Waals surface area contributed by atoms with Crippen molar-refractivity contribution >= 4 is 11.8 Å². The highest BCUT2D eigenvalue weighted by atomic mass is 16.5. The second kappa shape index (κ2) is 8.52. The van der Waals surface area contributed by atoms with Crippen molar-refractivity contribution in [3.05, 3.63) is 64.2 Å². The number of hydrogen-bond donors (Lipinski definition) is 2. The lowest BCUT2D eigenvalue weighted by atomic mass is 10.0. The molecule has 2 aromatic rings. The van der Waals surface area contributed by atoms with Crippen LogP contribution in [0, 0.1) is 27.7 Å². The van der Waals surface area contributed by atoms with E-state index < -0.39 is 12.0 Å². The molecule has 0 fully saturated rings. The SMILES string of the molecule is Cc1ccc(CC(=O)NNC(=O)[C@@H](C)Oc2cccc(C)c2C)cc1C. The van der Waals surface area contributed by atoms with Crippen LogP contribution in [0.15, 0.2) is 36.4 Å². The van der Waals surface area contributed by atoms with Crippen molar-refractivity contribution < 1.29 is 14.3 Å². The number of hydrazine groups is 1. The number of hydrogen-bond acceptors (Lipinski definition) is 3. The fourth-order valence-electron chi connectivity index (χ4n) is 2.47. The normalized spacial score (nSPS) is 11.6. The van der Waals surface area contributed by atoms with Gasteiger partial charge in [-0.1, -0.05) is 30.3 Å². The first-order chi connectivity index (χ1) is 12.3. The van der Waals surface area contributed by atoms with E-state index in [1.54, 1.807) is 6.92 Å². The zero-order valence-electron chi connectivity index (χ0n) is 16.0. The molecule has 0 aliphatic heterocycles. The van der Waals surface area contributed by atoms with Gasteiger partial charge >= 0.3 is 0 Å². The Kier molecular flexibility index (Phi) is 6.39. The van der Waals surface area contributed by atoms with Gasteiger partial charge in [0.25, 0.3) is 5.91 Å². The number of ether oxygens (including phenoxy) is 1. The number of nitrogens with one attached hydrogen (secondary N) is 2. The Hall–Kier alpha value is -2.82. The highest BCUT2D eigenvalue weighted by molar-refractivity contribution is 5.85. The molecule has 2 N–H and O–H groups in total. The molecule has 0 aromatic heterocycles. The number of carbonyl (C=O) groups is 2. The molecule has 26 heavy (non-hydrogen) atoms. The molecule has 2 rings (SSSR count). The Morgan fingerprint density at radius 2 is 1.69 bits per heavy atom. The molecule has 0 aliphatic carbocycles. The van der Waals surface area contributed by atoms with Crippen LogP contribution in [0.3, 0.4) is 0 Å². The molecule has 1 atom stereocenters. The van der Waals surface area contributed by atoms with E-state index in [1.165, 1.54) is 5.56 Å². The third-order valence-corrected chi connectivity index (χ3v) is 4.49. The van der Waals surface area contributed by atoms with Crippen LogP contribution in [-0.4, -0.2) is 17.9 Å². The summed E-state index contributed by atoms with van der Waals surface area (Å²) in [6.45, 7) is 9.61. The van der Waals surface area contributed by atoms with Crippen LogP contribution < -0.4 is 15.6 Å². The van der Waals surface area contributed by atoms with Crippen LogP contribution >= 0.6 is 0 Å². The van der Waals surface area contributed by atoms with Crippen molar-refractivity contribution in [2.75, 3.05) is 0 Å². The number of carbonyl (C=O) groups excluding carboxylic acids is 2. The van der Waals surface area contributed by atoms with Gasteiger partial charge in [0.2, 0.25) is 5.91 Å². The lowest BCUT2D eigenvalue weighted by molar-refractivity contribution is -0.132. The molecule has 5 heteroatoms. The summed E-state index contributed by atoms with van der Waals surface area (Å²) in [5, 5.41) is 0. The van der Waals surface area contributed by atoms with Crippen molar-refractivity contribution in [3.8, 4) is 5.75 Å². The molecular weight excluding hydrogens is 328 g/mol. The van der Waals surface area contributed by atoms with Gasteiger partial charge in [0.1, 0.15) is 5.75 Å². The summed E-state index contributed by atoms with van der Waals surface area (Å²) in [6, 6.07) is 11.6. The van der Waals surface area contributed by atoms with Gasteiger partial charge in [0.05, 0.1) is 6.42 Å². The topological polar surface area (TPSA) is 67.4 Å². The minimum atomic E-state index is -0.725. The van der Waals surface area contributed by atoms with Crippen molar-refractivity contribution in [2.24, 2.45) is 0 Å². The van der Waals surface area contributed by atoms with Gasteiger partial charge in [-0.25, -0.2) is 0 Å². The molecule has 0 bridgehead atoms. The molecule has 0 saturated carbocycles. The van der Waals surface area contributed by atoms with Crippen molar-refractivity contribution in [2.45, 2.75) is 47.1 Å². The van der Waals surface area contributed by atoms with Gasteiger partial charge < -0.3 is 4.74 Å². The summed E-state index contributed by atoms with van der Waals surface area (Å²) in [5.74, 6) is -0.0195. The van der Waals surface area contributed by atoms with Crippen LogP contribution in [-0.2, 0) is 16.0 Å². The second-order valence-electron chi connectivity index (χ2n) is 6.59. The van der Waals surface area contributed by atoms with E-state index in [-0.39, 0.29) is 12.3 Å². The molecular formula is C21H26N2O3. The Balaban J connectivity index is 1.85. The van der Waals surface area contributed by atoms with Gasteiger partial charge in [-0.05, 0) is 68.5 Å². The molecule has 0 saturated heterocycles. The average molecular weight is 354 g/mol. The van der Waals surface area contributed by atoms with Crippen molar-refractivity contribution in [1.29, 1.82) is 0 Å². The third-order valence-electron chi connectivity index (χ3n) is 4.49. The summed E-state index contributed by atoms with van der Waals surface area (Å²) < 4.78 is 5.70. The summed E-state index contributed by atoms with van der Waals surface area (Å²) in [6.07, 6.45) is -0.523. The van der Waals surface area contributed by atoms with Gasteiger partial charge in [0.15, 0.2) is 6.10 Å². The maximum atomic E-state index is 12.1. The van der Waals surface area contributed by atoms with E-state index in [4.69, 9.17) is 4.74 Å². The Labute approximate surface area is 154 Å². The highest BCUT2D eigenvalue weighted by Gasteiger charge is 2.16. The van der Waals surface area contributed by atoms with Gasteiger partial charge in [-0.2, -0.15) is 0 Å². The average Bonchev–Trinajstić information content (AvgIpc) is 2.60. The fourth-order valence-corrected chi connectivity index (χ4v) is 2.47. The van der Waals surface area contributed by atoms with Crippen LogP contribution in [0.1, 0.15) is 34.7 Å². The molecule has 0 radical (unpaired) electrons. The first-order valence-electron chi connectivity index (χ1n) is 8.65. The van der Waals surface area contributed by atoms with Crippen LogP contribution in [0.5, 0.6) is 5.75 Å². The highest BCUT2D eigenvalue weighted by Crippen LogP contribution is 2.21. The van der Waals surface area contributed by atoms with E-state index in [1.807, 2.05) is 64.1 Å². The minimum absolute atomic E-state index is 0.202. The molecule has 0 spiro atoms. The van der Waals surface area contributed by atoms with Gasteiger partial charge in [0, 0.05) is 0 Å². The number of benzene rings is 2. The second-order valence-corrected chi connectivity index (χ2v) is 6.59. The van der Waals surface area contributed by atoms with E-state index in [2.05, 4.69) is 10.9 Å². The maximum absolute atomic E-state index is 12.1. The molecule has 0 unspecified atom stereocenters. The molecule has 2 amide bonds. The Morgan fingerprint density at radius 3 is 2.38 bits per heavy atom. The predicted octanol–water partition coefficient (Wildman–Crippen LogP) is 3.08. The monoisotopic (exact) mass is 354 g/mol. The molecule has 0 aliphatic rings. The lowest BCUT2D eigenvalue weighted by Gasteiger charge is -2.17. The van der Waals surface area contributed by atoms with E-state index in [0.29, 0.717) is 5.75 Å². The molecule has 138 valence electrons. The summed E-state index contributed by atoms with van der Waals surface area (Å²) in [5.41, 5.74) is 10.2. The maximum Gasteiger partial charge on any atom is 0.279 e. The summed E-state index contributed by atoms with van der Waals surface area (Å²) in [4.78, 5) is 24.2. The largest absolute Gasteiger partial charge is 0.481 e. The first-order valence-corrected chi connectivity index (χ1v) is 8.65. The Morgan fingerprint density at radius 1 is 0.962 bits per heavy atom. The third kappa shape index (κ3) is 5.09. The lowest BCUT2D eigenvalue weighted by Crippen LogP contribution is -2.47. The Bertz CT molecular complexity index is 815. The minimum Gasteiger partial charge on any atom is -0.481 e. The zero-order valence-corrected chi connectivity index (χ0v) is 16.0. The van der Waals surface area contributed by atoms with E-state index >= 15 is 0 Å². The van der Waals surface area contributed by atoms with Crippen LogP contribution in [0.25, 0.3) is 0 Å². The number of aryl methyl sites for hydroxylation is 3. The number of amides is 2. The summed E-state index contributed by atoms with van der Waals surface area (Å²) >= 11 is 0. The summed E-state index contributed by atoms with van der Waals surface area (Å²) in [7, 11) is 0. The van der Waals surface area contributed by atoms with Gasteiger partial charge in [-0.3, -0.25) is 20.4 Å². The van der Waals surface area contributed by atoms with E-state index in [0.717, 1.165) is 22.3 Å². The van der Waals surface area contributed by atoms with Crippen molar-refractivity contribution in [1.82, 2.24) is 10.9 Å². The van der Waals surface area contributed by atoms with Crippen LogP contribution in [0.4, 0.5) is 0 Å². The smallest absolute Gasteiger partial charge is 0.279 e. The number of rotatable bonds is 5. The first kappa shape index (κ1) is 19.5. The zero-order chi connectivity index (χ0) is 19.3. The molecule has 2 aromatic carbocycles. The van der Waals surface area contributed by atoms with E-state index in [9.17, 15) is 9.59 Å². The van der Waals surface area contributed by atoms with Gasteiger partial charge in [-0.15, -0.1) is 0 Å². The van der Waals surface area contributed by atoms with Crippen LogP contribution in [0.2, 0.25) is 0 Å². The molecule has 0 heterocycles. The standard InChI is InChI=1S/C21H26N2O3/c1-13-9-10-18(11-15(13)3)12-20(24)22-23-21(25)17(5)26-19-8-6-7-14(2)16(19)4/h6-11,17H,12H2,1-5H3,(H,22,24)(H,23,25)/t17-/m1/s1. The predicted molar refractivity (Wildman–Crippen MR) is 102 cm³/mol. The fraction of sp³-hybridized carbons (Fsp3) is 0.333. The van der Waals surface area contributed by atoms with Crippen molar-refractivity contribution in [3.63, 3.8) is 0 Å². The molecule has 5 nitrogen and oxygen atoms in total.